The summed E-state index contributed by atoms with van der Waals surface area (Å²) in [5, 5.41) is 18.3. The molecule has 1 rings (SSSR count). The second-order valence-electron chi connectivity index (χ2n) is 5.68. The van der Waals surface area contributed by atoms with Crippen molar-refractivity contribution in [2.24, 2.45) is 5.92 Å². The molecule has 4 nitrogen and oxygen atoms in total. The first-order chi connectivity index (χ1) is 7.36. The predicted octanol–water partition coefficient (Wildman–Crippen LogP) is 2.32. The van der Waals surface area contributed by atoms with E-state index in [1.807, 2.05) is 20.8 Å². The van der Waals surface area contributed by atoms with Crippen LogP contribution in [0, 0.1) is 5.92 Å². The van der Waals surface area contributed by atoms with Gasteiger partial charge >= 0.3 is 6.09 Å². The van der Waals surface area contributed by atoms with Crippen molar-refractivity contribution in [1.82, 2.24) is 4.90 Å². The molecule has 0 heterocycles. The highest BCUT2D eigenvalue weighted by Gasteiger charge is 2.35. The van der Waals surface area contributed by atoms with E-state index in [-0.39, 0.29) is 18.2 Å². The molecule has 1 saturated carbocycles. The number of rotatable bonds is 2. The third-order valence-electron chi connectivity index (χ3n) is 3.37. The van der Waals surface area contributed by atoms with Crippen molar-refractivity contribution in [3.05, 3.63) is 0 Å². The summed E-state index contributed by atoms with van der Waals surface area (Å²) in [5.74, 6) is 0.367. The maximum Gasteiger partial charge on any atom is 0.407 e. The zero-order chi connectivity index (χ0) is 12.3. The number of carbonyl (C=O) groups is 1. The van der Waals surface area contributed by atoms with E-state index in [9.17, 15) is 9.90 Å². The Balaban J connectivity index is 2.65. The Bertz CT molecular complexity index is 239. The van der Waals surface area contributed by atoms with Crippen LogP contribution in [-0.2, 0) is 0 Å². The lowest BCUT2D eigenvalue weighted by molar-refractivity contribution is 0.0449. The van der Waals surface area contributed by atoms with Gasteiger partial charge in [-0.25, -0.2) is 4.79 Å². The molecule has 0 aromatic heterocycles. The Kier molecular flexibility index (Phi) is 4.19. The Morgan fingerprint density at radius 3 is 2.06 bits per heavy atom. The van der Waals surface area contributed by atoms with Gasteiger partial charge in [0.1, 0.15) is 0 Å². The van der Waals surface area contributed by atoms with Gasteiger partial charge in [-0.05, 0) is 52.4 Å². The lowest BCUT2D eigenvalue weighted by Gasteiger charge is -2.42. The van der Waals surface area contributed by atoms with Crippen molar-refractivity contribution >= 4 is 6.09 Å². The molecule has 94 valence electrons. The van der Waals surface area contributed by atoms with Gasteiger partial charge in [0.2, 0.25) is 0 Å². The number of hydrogen-bond acceptors (Lipinski definition) is 2. The summed E-state index contributed by atoms with van der Waals surface area (Å²) in [6, 6.07) is 0.111. The summed E-state index contributed by atoms with van der Waals surface area (Å²) in [5.41, 5.74) is -0.345. The van der Waals surface area contributed by atoms with Gasteiger partial charge in [-0.15, -0.1) is 0 Å². The van der Waals surface area contributed by atoms with E-state index in [0.717, 1.165) is 25.7 Å². The summed E-state index contributed by atoms with van der Waals surface area (Å²) in [7, 11) is 0. The normalized spacial score (nSPS) is 26.5. The van der Waals surface area contributed by atoms with E-state index < -0.39 is 6.09 Å². The zero-order valence-electron chi connectivity index (χ0n) is 10.4. The minimum Gasteiger partial charge on any atom is -0.465 e. The molecule has 0 atom stereocenters. The summed E-state index contributed by atoms with van der Waals surface area (Å²) < 4.78 is 0. The lowest BCUT2D eigenvalue weighted by Crippen LogP contribution is -2.52. The van der Waals surface area contributed by atoms with E-state index in [2.05, 4.69) is 0 Å². The highest BCUT2D eigenvalue weighted by Crippen LogP contribution is 2.31. The van der Waals surface area contributed by atoms with Crippen molar-refractivity contribution in [2.45, 2.75) is 58.0 Å². The second-order valence-corrected chi connectivity index (χ2v) is 5.68. The molecule has 1 amide bonds. The quantitative estimate of drug-likeness (QED) is 0.764. The molecule has 0 aromatic carbocycles. The lowest BCUT2D eigenvalue weighted by atomic mass is 9.84. The number of hydrogen-bond donors (Lipinski definition) is 2. The van der Waals surface area contributed by atoms with Crippen LogP contribution in [-0.4, -0.2) is 39.4 Å². The predicted molar refractivity (Wildman–Crippen MR) is 62.4 cm³/mol. The Morgan fingerprint density at radius 1 is 1.25 bits per heavy atom. The van der Waals surface area contributed by atoms with Crippen molar-refractivity contribution in [3.63, 3.8) is 0 Å². The number of carboxylic acid groups (broad SMARTS) is 1. The van der Waals surface area contributed by atoms with E-state index >= 15 is 0 Å². The number of aliphatic hydroxyl groups excluding tert-OH is 1. The molecule has 0 aromatic rings. The maximum atomic E-state index is 11.3. The number of aliphatic hydroxyl groups is 1. The van der Waals surface area contributed by atoms with Crippen molar-refractivity contribution in [1.29, 1.82) is 0 Å². The highest BCUT2D eigenvalue weighted by molar-refractivity contribution is 5.66. The van der Waals surface area contributed by atoms with Gasteiger partial charge < -0.3 is 15.1 Å². The first-order valence-corrected chi connectivity index (χ1v) is 5.99. The van der Waals surface area contributed by atoms with Gasteiger partial charge in [-0.3, -0.25) is 0 Å². The van der Waals surface area contributed by atoms with E-state index in [1.165, 1.54) is 0 Å². The summed E-state index contributed by atoms with van der Waals surface area (Å²) in [4.78, 5) is 12.8. The molecule has 0 bridgehead atoms. The fourth-order valence-corrected chi connectivity index (χ4v) is 2.58. The summed E-state index contributed by atoms with van der Waals surface area (Å²) >= 11 is 0. The SMILES string of the molecule is CC(C)(C)N(C(=O)O)[C@H]1CC[C@@H](CO)CC1. The topological polar surface area (TPSA) is 60.8 Å². The third kappa shape index (κ3) is 3.11. The van der Waals surface area contributed by atoms with E-state index in [0.29, 0.717) is 5.92 Å². The second kappa shape index (κ2) is 5.04. The summed E-state index contributed by atoms with van der Waals surface area (Å²) in [6.07, 6.45) is 2.77. The van der Waals surface area contributed by atoms with Crippen LogP contribution in [0.15, 0.2) is 0 Å². The third-order valence-corrected chi connectivity index (χ3v) is 3.37. The Hall–Kier alpha value is -0.770. The first-order valence-electron chi connectivity index (χ1n) is 5.99. The summed E-state index contributed by atoms with van der Waals surface area (Å²) in [6.45, 7) is 6.02. The van der Waals surface area contributed by atoms with Crippen LogP contribution in [0.2, 0.25) is 0 Å². The smallest absolute Gasteiger partial charge is 0.407 e. The van der Waals surface area contributed by atoms with Crippen molar-refractivity contribution < 1.29 is 15.0 Å². The van der Waals surface area contributed by atoms with Crippen molar-refractivity contribution in [3.8, 4) is 0 Å². The highest BCUT2D eigenvalue weighted by atomic mass is 16.4. The largest absolute Gasteiger partial charge is 0.465 e. The molecule has 1 aliphatic rings. The molecule has 0 saturated heterocycles. The Labute approximate surface area is 97.3 Å². The number of amides is 1. The van der Waals surface area contributed by atoms with Crippen LogP contribution in [0.25, 0.3) is 0 Å². The maximum absolute atomic E-state index is 11.3. The van der Waals surface area contributed by atoms with Crippen LogP contribution in [0.3, 0.4) is 0 Å². The van der Waals surface area contributed by atoms with Gasteiger partial charge in [-0.2, -0.15) is 0 Å². The van der Waals surface area contributed by atoms with Gasteiger partial charge in [-0.1, -0.05) is 0 Å². The van der Waals surface area contributed by atoms with Crippen LogP contribution in [0.5, 0.6) is 0 Å². The monoisotopic (exact) mass is 229 g/mol. The van der Waals surface area contributed by atoms with Crippen molar-refractivity contribution in [2.75, 3.05) is 6.61 Å². The molecular weight excluding hydrogens is 206 g/mol. The fraction of sp³-hybridized carbons (Fsp3) is 0.917. The van der Waals surface area contributed by atoms with Crippen LogP contribution < -0.4 is 0 Å². The van der Waals surface area contributed by atoms with Crippen LogP contribution in [0.4, 0.5) is 4.79 Å². The molecule has 0 radical (unpaired) electrons. The average Bonchev–Trinajstić information content (AvgIpc) is 2.16. The van der Waals surface area contributed by atoms with Gasteiger partial charge in [0, 0.05) is 18.2 Å². The Morgan fingerprint density at radius 2 is 1.75 bits per heavy atom. The van der Waals surface area contributed by atoms with Gasteiger partial charge in [0.25, 0.3) is 0 Å². The molecule has 1 aliphatic carbocycles. The van der Waals surface area contributed by atoms with E-state index in [4.69, 9.17) is 5.11 Å². The first kappa shape index (κ1) is 13.3. The number of nitrogens with zero attached hydrogens (tertiary/aromatic N) is 1. The molecule has 2 N–H and O–H groups in total. The molecule has 0 aliphatic heterocycles. The molecule has 4 heteroatoms. The molecule has 0 unspecified atom stereocenters. The van der Waals surface area contributed by atoms with Gasteiger partial charge in [0.15, 0.2) is 0 Å². The minimum absolute atomic E-state index is 0.111. The molecular formula is C12H23NO3. The average molecular weight is 229 g/mol. The zero-order valence-corrected chi connectivity index (χ0v) is 10.4. The van der Waals surface area contributed by atoms with Crippen LogP contribution in [0.1, 0.15) is 46.5 Å². The fourth-order valence-electron chi connectivity index (χ4n) is 2.58. The molecule has 0 spiro atoms. The molecule has 16 heavy (non-hydrogen) atoms. The minimum atomic E-state index is -0.833. The molecule has 1 fully saturated rings. The standard InChI is InChI=1S/C12H23NO3/c1-12(2,3)13(11(15)16)10-6-4-9(8-14)5-7-10/h9-10,14H,4-8H2,1-3H3,(H,15,16)/t9-,10+. The van der Waals surface area contributed by atoms with Crippen LogP contribution >= 0.6 is 0 Å². The van der Waals surface area contributed by atoms with E-state index in [1.54, 1.807) is 4.90 Å². The van der Waals surface area contributed by atoms with Gasteiger partial charge in [0.05, 0.1) is 0 Å².